The van der Waals surface area contributed by atoms with Gasteiger partial charge in [-0.15, -0.1) is 11.3 Å². The first-order valence-electron chi connectivity index (χ1n) is 4.83. The fraction of sp³-hybridized carbons (Fsp3) is 0.417. The Morgan fingerprint density at radius 1 is 1.57 bits per heavy atom. The van der Waals surface area contributed by atoms with E-state index < -0.39 is 0 Å². The van der Waals surface area contributed by atoms with Gasteiger partial charge in [0.1, 0.15) is 0 Å². The SMILES string of the molecule is CCCCC#Cc1ccsc1C(C)=O. The van der Waals surface area contributed by atoms with Crippen molar-refractivity contribution in [1.29, 1.82) is 0 Å². The Hall–Kier alpha value is -1.07. The molecule has 0 spiro atoms. The fourth-order valence-corrected chi connectivity index (χ4v) is 1.86. The summed E-state index contributed by atoms with van der Waals surface area (Å²) < 4.78 is 0. The lowest BCUT2D eigenvalue weighted by molar-refractivity contribution is 0.102. The first-order chi connectivity index (χ1) is 6.75. The lowest BCUT2D eigenvalue weighted by Gasteiger charge is -1.89. The van der Waals surface area contributed by atoms with Crippen molar-refractivity contribution in [3.8, 4) is 11.8 Å². The second-order valence-electron chi connectivity index (χ2n) is 3.12. The monoisotopic (exact) mass is 206 g/mol. The predicted octanol–water partition coefficient (Wildman–Crippen LogP) is 3.49. The number of unbranched alkanes of at least 4 members (excludes halogenated alkanes) is 2. The molecule has 0 fully saturated rings. The molecule has 1 heterocycles. The Kier molecular flexibility index (Phi) is 4.42. The van der Waals surface area contributed by atoms with Gasteiger partial charge in [-0.3, -0.25) is 4.79 Å². The third-order valence-electron chi connectivity index (χ3n) is 1.86. The molecule has 0 aliphatic carbocycles. The molecule has 0 aliphatic rings. The van der Waals surface area contributed by atoms with Gasteiger partial charge in [0.15, 0.2) is 5.78 Å². The Balaban J connectivity index is 2.69. The van der Waals surface area contributed by atoms with Crippen molar-refractivity contribution >= 4 is 17.1 Å². The zero-order valence-corrected chi connectivity index (χ0v) is 9.41. The van der Waals surface area contributed by atoms with E-state index in [0.29, 0.717) is 0 Å². The van der Waals surface area contributed by atoms with Gasteiger partial charge in [0, 0.05) is 12.0 Å². The highest BCUT2D eigenvalue weighted by molar-refractivity contribution is 7.12. The van der Waals surface area contributed by atoms with Crippen molar-refractivity contribution in [3.63, 3.8) is 0 Å². The average Bonchev–Trinajstić information content (AvgIpc) is 2.60. The maximum Gasteiger partial charge on any atom is 0.170 e. The standard InChI is InChI=1S/C12H14OS/c1-3-4-5-6-7-11-8-9-14-12(11)10(2)13/h8-9H,3-5H2,1-2H3. The van der Waals surface area contributed by atoms with E-state index in [1.165, 1.54) is 11.3 Å². The van der Waals surface area contributed by atoms with Crippen LogP contribution in [0.4, 0.5) is 0 Å². The van der Waals surface area contributed by atoms with E-state index in [-0.39, 0.29) is 5.78 Å². The van der Waals surface area contributed by atoms with E-state index in [1.807, 2.05) is 11.4 Å². The lowest BCUT2D eigenvalue weighted by Crippen LogP contribution is -1.89. The average molecular weight is 206 g/mol. The first-order valence-corrected chi connectivity index (χ1v) is 5.71. The highest BCUT2D eigenvalue weighted by atomic mass is 32.1. The second-order valence-corrected chi connectivity index (χ2v) is 4.04. The lowest BCUT2D eigenvalue weighted by atomic mass is 10.2. The molecular weight excluding hydrogens is 192 g/mol. The van der Waals surface area contributed by atoms with Crippen molar-refractivity contribution in [2.45, 2.75) is 33.1 Å². The van der Waals surface area contributed by atoms with Crippen LogP contribution in [0.2, 0.25) is 0 Å². The van der Waals surface area contributed by atoms with Gasteiger partial charge in [0.05, 0.1) is 4.88 Å². The van der Waals surface area contributed by atoms with Crippen molar-refractivity contribution in [2.75, 3.05) is 0 Å². The molecule has 0 amide bonds. The highest BCUT2D eigenvalue weighted by Crippen LogP contribution is 2.16. The molecule has 1 nitrogen and oxygen atoms in total. The van der Waals surface area contributed by atoms with Gasteiger partial charge in [0.2, 0.25) is 0 Å². The summed E-state index contributed by atoms with van der Waals surface area (Å²) in [6, 6.07) is 1.92. The number of thiophene rings is 1. The molecule has 0 aromatic carbocycles. The Morgan fingerprint density at radius 3 is 3.00 bits per heavy atom. The minimum atomic E-state index is 0.111. The molecule has 0 radical (unpaired) electrons. The predicted molar refractivity (Wildman–Crippen MR) is 60.7 cm³/mol. The molecule has 0 saturated carbocycles. The summed E-state index contributed by atoms with van der Waals surface area (Å²) in [7, 11) is 0. The third kappa shape index (κ3) is 3.01. The van der Waals surface area contributed by atoms with Crippen molar-refractivity contribution in [2.24, 2.45) is 0 Å². The van der Waals surface area contributed by atoms with Crippen LogP contribution in [0.15, 0.2) is 11.4 Å². The van der Waals surface area contributed by atoms with E-state index in [1.54, 1.807) is 6.92 Å². The summed E-state index contributed by atoms with van der Waals surface area (Å²) in [6.45, 7) is 3.73. The molecule has 74 valence electrons. The molecule has 1 rings (SSSR count). The largest absolute Gasteiger partial charge is 0.294 e. The number of carbonyl (C=O) groups is 1. The minimum Gasteiger partial charge on any atom is -0.294 e. The molecule has 0 N–H and O–H groups in total. The van der Waals surface area contributed by atoms with Crippen LogP contribution in [0, 0.1) is 11.8 Å². The zero-order chi connectivity index (χ0) is 10.4. The van der Waals surface area contributed by atoms with Gasteiger partial charge in [-0.25, -0.2) is 0 Å². The van der Waals surface area contributed by atoms with E-state index >= 15 is 0 Å². The van der Waals surface area contributed by atoms with Crippen LogP contribution in [0.25, 0.3) is 0 Å². The van der Waals surface area contributed by atoms with Crippen LogP contribution in [-0.2, 0) is 0 Å². The first kappa shape index (κ1) is 11.0. The number of hydrogen-bond donors (Lipinski definition) is 0. The van der Waals surface area contributed by atoms with Crippen molar-refractivity contribution < 1.29 is 4.79 Å². The van der Waals surface area contributed by atoms with Crippen LogP contribution in [-0.4, -0.2) is 5.78 Å². The van der Waals surface area contributed by atoms with Gasteiger partial charge in [0.25, 0.3) is 0 Å². The van der Waals surface area contributed by atoms with Gasteiger partial charge in [-0.2, -0.15) is 0 Å². The van der Waals surface area contributed by atoms with Crippen molar-refractivity contribution in [1.82, 2.24) is 0 Å². The van der Waals surface area contributed by atoms with E-state index in [9.17, 15) is 4.79 Å². The summed E-state index contributed by atoms with van der Waals surface area (Å²) in [5.41, 5.74) is 0.888. The molecule has 0 unspecified atom stereocenters. The molecule has 0 saturated heterocycles. The Morgan fingerprint density at radius 2 is 2.36 bits per heavy atom. The molecule has 0 aliphatic heterocycles. The minimum absolute atomic E-state index is 0.111. The van der Waals surface area contributed by atoms with Crippen LogP contribution in [0.5, 0.6) is 0 Å². The number of rotatable bonds is 3. The molecule has 1 aromatic rings. The fourth-order valence-electron chi connectivity index (χ4n) is 1.10. The molecule has 0 atom stereocenters. The van der Waals surface area contributed by atoms with Gasteiger partial charge < -0.3 is 0 Å². The summed E-state index contributed by atoms with van der Waals surface area (Å²) in [5, 5.41) is 1.92. The second kappa shape index (κ2) is 5.62. The summed E-state index contributed by atoms with van der Waals surface area (Å²) in [4.78, 5) is 11.9. The third-order valence-corrected chi connectivity index (χ3v) is 2.88. The molecular formula is C12H14OS. The van der Waals surface area contributed by atoms with E-state index in [4.69, 9.17) is 0 Å². The number of ketones is 1. The quantitative estimate of drug-likeness (QED) is 0.420. The van der Waals surface area contributed by atoms with E-state index in [2.05, 4.69) is 18.8 Å². The normalized spacial score (nSPS) is 9.29. The highest BCUT2D eigenvalue weighted by Gasteiger charge is 2.05. The Bertz CT molecular complexity index is 365. The number of hydrogen-bond acceptors (Lipinski definition) is 2. The van der Waals surface area contributed by atoms with Gasteiger partial charge in [-0.05, 0) is 24.8 Å². The van der Waals surface area contributed by atoms with Gasteiger partial charge in [-0.1, -0.05) is 25.2 Å². The van der Waals surface area contributed by atoms with Crippen LogP contribution in [0.1, 0.15) is 48.3 Å². The molecule has 2 heteroatoms. The van der Waals surface area contributed by atoms with Crippen LogP contribution < -0.4 is 0 Å². The number of Topliss-reactive ketones (excluding diaryl/α,β-unsaturated/α-hetero) is 1. The number of carbonyl (C=O) groups excluding carboxylic acids is 1. The van der Waals surface area contributed by atoms with Crippen LogP contribution >= 0.6 is 11.3 Å². The Labute approximate surface area is 89.2 Å². The molecule has 14 heavy (non-hydrogen) atoms. The maximum absolute atomic E-state index is 11.2. The molecule has 1 aromatic heterocycles. The zero-order valence-electron chi connectivity index (χ0n) is 8.59. The van der Waals surface area contributed by atoms with Crippen LogP contribution in [0.3, 0.4) is 0 Å². The summed E-state index contributed by atoms with van der Waals surface area (Å²) >= 11 is 1.47. The molecule has 0 bridgehead atoms. The topological polar surface area (TPSA) is 17.1 Å². The maximum atomic E-state index is 11.2. The smallest absolute Gasteiger partial charge is 0.170 e. The van der Waals surface area contributed by atoms with Gasteiger partial charge >= 0.3 is 0 Å². The summed E-state index contributed by atoms with van der Waals surface area (Å²) in [6.07, 6.45) is 3.22. The van der Waals surface area contributed by atoms with E-state index in [0.717, 1.165) is 29.7 Å². The summed E-state index contributed by atoms with van der Waals surface area (Å²) in [5.74, 6) is 6.25. The van der Waals surface area contributed by atoms with Crippen molar-refractivity contribution in [3.05, 3.63) is 21.9 Å².